The number of hydrogen-bond donors (Lipinski definition) is 1. The van der Waals surface area contributed by atoms with Crippen molar-refractivity contribution in [3.05, 3.63) is 89.6 Å². The van der Waals surface area contributed by atoms with E-state index in [4.69, 9.17) is 0 Å². The Morgan fingerprint density at radius 1 is 1.03 bits per heavy atom. The lowest BCUT2D eigenvalue weighted by atomic mass is 10.0. The van der Waals surface area contributed by atoms with Gasteiger partial charge in [0, 0.05) is 24.5 Å². The van der Waals surface area contributed by atoms with E-state index < -0.39 is 0 Å². The van der Waals surface area contributed by atoms with E-state index in [0.717, 1.165) is 22.8 Å². The van der Waals surface area contributed by atoms with Crippen LogP contribution in [-0.2, 0) is 18.3 Å². The van der Waals surface area contributed by atoms with Crippen LogP contribution >= 0.6 is 0 Å². The smallest absolute Gasteiger partial charge is 0.337 e. The van der Waals surface area contributed by atoms with Crippen LogP contribution in [0.2, 0.25) is 0 Å². The highest BCUT2D eigenvalue weighted by atomic mass is 16.5. The number of esters is 1. The van der Waals surface area contributed by atoms with Gasteiger partial charge in [0.1, 0.15) is 12.0 Å². The molecule has 0 radical (unpaired) electrons. The van der Waals surface area contributed by atoms with Gasteiger partial charge in [0.05, 0.1) is 19.2 Å². The number of Topliss-reactive ketones (excluding diaryl/α,β-unsaturated/α-hetero) is 1. The molecule has 36 heavy (non-hydrogen) atoms. The second-order valence-corrected chi connectivity index (χ2v) is 8.36. The topological polar surface area (TPSA) is 112 Å². The molecule has 2 aromatic carbocycles. The van der Waals surface area contributed by atoms with Gasteiger partial charge in [-0.3, -0.25) is 4.79 Å². The first-order chi connectivity index (χ1) is 17.3. The summed E-state index contributed by atoms with van der Waals surface area (Å²) >= 11 is 0. The van der Waals surface area contributed by atoms with Crippen LogP contribution in [0.3, 0.4) is 0 Å². The van der Waals surface area contributed by atoms with E-state index in [1.807, 2.05) is 48.0 Å². The minimum atomic E-state index is -0.275. The maximum absolute atomic E-state index is 11.4. The third-order valence-corrected chi connectivity index (χ3v) is 5.47. The average molecular weight is 487 g/mol. The van der Waals surface area contributed by atoms with Crippen molar-refractivity contribution in [1.29, 1.82) is 0 Å². The van der Waals surface area contributed by atoms with E-state index in [-0.39, 0.29) is 11.8 Å². The number of ether oxygens (including phenoxy) is 1. The summed E-state index contributed by atoms with van der Waals surface area (Å²) in [4.78, 5) is 30.7. The molecule has 9 heteroatoms. The molecule has 9 nitrogen and oxygen atoms in total. The Hall–Kier alpha value is -4.40. The Labute approximate surface area is 210 Å². The van der Waals surface area contributed by atoms with Crippen LogP contribution in [0.15, 0.2) is 67.1 Å². The van der Waals surface area contributed by atoms with Crippen LogP contribution in [-0.4, -0.2) is 43.6 Å². The highest BCUT2D eigenvalue weighted by Gasteiger charge is 2.11. The van der Waals surface area contributed by atoms with E-state index >= 15 is 0 Å². The number of ketones is 1. The summed E-state index contributed by atoms with van der Waals surface area (Å²) in [5, 5.41) is 11.6. The summed E-state index contributed by atoms with van der Waals surface area (Å²) in [6.07, 6.45) is 3.15. The lowest BCUT2D eigenvalue weighted by molar-refractivity contribution is 0.0600. The van der Waals surface area contributed by atoms with Gasteiger partial charge in [-0.2, -0.15) is 0 Å². The number of carbonyl (C=O) groups is 2. The highest BCUT2D eigenvalue weighted by Crippen LogP contribution is 2.17. The van der Waals surface area contributed by atoms with Crippen LogP contribution in [0.1, 0.15) is 58.8 Å². The number of nitrogens with zero attached hydrogens (tertiary/aromatic N) is 5. The second-order valence-electron chi connectivity index (χ2n) is 8.36. The third kappa shape index (κ3) is 6.82. The molecule has 2 heterocycles. The molecule has 0 spiro atoms. The van der Waals surface area contributed by atoms with Crippen LogP contribution < -0.4 is 5.32 Å². The molecular weight excluding hydrogens is 456 g/mol. The Morgan fingerprint density at radius 2 is 1.78 bits per heavy atom. The molecule has 4 rings (SSSR count). The summed E-state index contributed by atoms with van der Waals surface area (Å²) in [6.45, 7) is 6.23. The molecule has 0 amide bonds. The number of methoxy groups -OCH3 is 1. The zero-order valence-corrected chi connectivity index (χ0v) is 21.1. The molecule has 0 atom stereocenters. The predicted octanol–water partition coefficient (Wildman–Crippen LogP) is 4.68. The van der Waals surface area contributed by atoms with Gasteiger partial charge >= 0.3 is 5.97 Å². The molecule has 0 aliphatic carbocycles. The Morgan fingerprint density at radius 3 is 2.44 bits per heavy atom. The van der Waals surface area contributed by atoms with Crippen molar-refractivity contribution in [2.75, 3.05) is 12.4 Å². The van der Waals surface area contributed by atoms with Crippen LogP contribution in [0, 0.1) is 0 Å². The Bertz CT molecular complexity index is 1320. The highest BCUT2D eigenvalue weighted by molar-refractivity contribution is 5.94. The van der Waals surface area contributed by atoms with Gasteiger partial charge in [0.15, 0.2) is 17.4 Å². The normalized spacial score (nSPS) is 10.4. The van der Waals surface area contributed by atoms with Crippen molar-refractivity contribution < 1.29 is 14.3 Å². The average Bonchev–Trinajstić information content (AvgIpc) is 3.28. The van der Waals surface area contributed by atoms with Crippen molar-refractivity contribution >= 4 is 17.4 Å². The van der Waals surface area contributed by atoms with Gasteiger partial charge < -0.3 is 14.6 Å². The lowest BCUT2D eigenvalue weighted by Gasteiger charge is -2.07. The Kier molecular flexibility index (Phi) is 8.99. The number of rotatable bonds is 7. The zero-order chi connectivity index (χ0) is 26.1. The number of nitrogens with one attached hydrogen (secondary N) is 1. The molecule has 186 valence electrons. The number of carbonyl (C=O) groups excluding carboxylic acids is 2. The summed E-state index contributed by atoms with van der Waals surface area (Å²) < 4.78 is 6.51. The SMILES string of the molecule is CC(=O)c1cccc(NCc2nnc(-c3ccncn3)n2C)c1.COC(=O)c1cccc(C(C)C)c1. The van der Waals surface area contributed by atoms with Crippen molar-refractivity contribution in [1.82, 2.24) is 24.7 Å². The largest absolute Gasteiger partial charge is 0.465 e. The molecule has 1 N–H and O–H groups in total. The van der Waals surface area contributed by atoms with Gasteiger partial charge in [-0.1, -0.05) is 38.1 Å². The number of hydrogen-bond acceptors (Lipinski definition) is 8. The summed E-state index contributed by atoms with van der Waals surface area (Å²) in [7, 11) is 3.28. The van der Waals surface area contributed by atoms with Crippen molar-refractivity contribution in [2.45, 2.75) is 33.2 Å². The van der Waals surface area contributed by atoms with Gasteiger partial charge in [-0.05, 0) is 48.7 Å². The van der Waals surface area contributed by atoms with Crippen LogP contribution in [0.5, 0.6) is 0 Å². The minimum Gasteiger partial charge on any atom is -0.465 e. The molecule has 4 aromatic rings. The predicted molar refractivity (Wildman–Crippen MR) is 138 cm³/mol. The van der Waals surface area contributed by atoms with Crippen molar-refractivity contribution in [2.24, 2.45) is 7.05 Å². The van der Waals surface area contributed by atoms with E-state index in [1.165, 1.54) is 13.4 Å². The maximum atomic E-state index is 11.4. The molecule has 0 saturated heterocycles. The van der Waals surface area contributed by atoms with Gasteiger partial charge in [0.25, 0.3) is 0 Å². The maximum Gasteiger partial charge on any atom is 0.337 e. The first-order valence-corrected chi connectivity index (χ1v) is 11.5. The van der Waals surface area contributed by atoms with E-state index in [2.05, 4.69) is 44.1 Å². The number of anilines is 1. The first kappa shape index (κ1) is 26.2. The lowest BCUT2D eigenvalue weighted by Crippen LogP contribution is -2.07. The van der Waals surface area contributed by atoms with Crippen molar-refractivity contribution in [3.63, 3.8) is 0 Å². The summed E-state index contributed by atoms with van der Waals surface area (Å²) in [6, 6.07) is 16.7. The fourth-order valence-corrected chi connectivity index (χ4v) is 3.33. The third-order valence-electron chi connectivity index (χ3n) is 5.47. The van der Waals surface area contributed by atoms with Gasteiger partial charge in [0.2, 0.25) is 0 Å². The fourth-order valence-electron chi connectivity index (χ4n) is 3.33. The first-order valence-electron chi connectivity index (χ1n) is 11.5. The Balaban J connectivity index is 0.000000236. The standard InChI is InChI=1S/C16H16N6O.C11H14O2/c1-11(23)12-4-3-5-13(8-12)18-9-15-20-21-16(22(15)2)14-6-7-17-10-19-14;1-8(2)9-5-4-6-10(7-9)11(12)13-3/h3-8,10,18H,9H2,1-2H3;4-8H,1-3H3. The van der Waals surface area contributed by atoms with Gasteiger partial charge in [-0.25, -0.2) is 14.8 Å². The zero-order valence-electron chi connectivity index (χ0n) is 21.1. The molecule has 0 aliphatic heterocycles. The van der Waals surface area contributed by atoms with Crippen molar-refractivity contribution in [3.8, 4) is 11.5 Å². The molecule has 2 aromatic heterocycles. The van der Waals surface area contributed by atoms with E-state index in [1.54, 1.807) is 31.3 Å². The van der Waals surface area contributed by atoms with Gasteiger partial charge in [-0.15, -0.1) is 10.2 Å². The molecule has 0 unspecified atom stereocenters. The number of benzene rings is 2. The molecule has 0 aliphatic rings. The molecule has 0 saturated carbocycles. The minimum absolute atomic E-state index is 0.0401. The second kappa shape index (κ2) is 12.3. The molecule has 0 bridgehead atoms. The van der Waals surface area contributed by atoms with Crippen LogP contribution in [0.25, 0.3) is 11.5 Å². The summed E-state index contributed by atoms with van der Waals surface area (Å²) in [5.74, 6) is 1.65. The number of aromatic nitrogens is 5. The quantitative estimate of drug-likeness (QED) is 0.296. The monoisotopic (exact) mass is 486 g/mol. The van der Waals surface area contributed by atoms with E-state index in [0.29, 0.717) is 29.4 Å². The van der Waals surface area contributed by atoms with Crippen LogP contribution in [0.4, 0.5) is 5.69 Å². The molecular formula is C27H30N6O3. The molecule has 0 fully saturated rings. The fraction of sp³-hybridized carbons (Fsp3) is 0.259. The van der Waals surface area contributed by atoms with E-state index in [9.17, 15) is 9.59 Å². The summed E-state index contributed by atoms with van der Waals surface area (Å²) in [5.41, 5.74) is 4.04.